The van der Waals surface area contributed by atoms with Crippen LogP contribution in [0.3, 0.4) is 0 Å². The van der Waals surface area contributed by atoms with Crippen molar-refractivity contribution in [3.05, 3.63) is 96.2 Å². The van der Waals surface area contributed by atoms with E-state index in [2.05, 4.69) is 5.32 Å². The molecule has 176 valence electrons. The first-order valence-corrected chi connectivity index (χ1v) is 11.6. The van der Waals surface area contributed by atoms with Crippen LogP contribution < -0.4 is 15.0 Å². The average Bonchev–Trinajstić information content (AvgIpc) is 3.51. The summed E-state index contributed by atoms with van der Waals surface area (Å²) in [6, 6.07) is 24.9. The molecule has 2 amide bonds. The van der Waals surface area contributed by atoms with Gasteiger partial charge in [0.2, 0.25) is 5.91 Å². The SMILES string of the molecule is COc1ccccc1-c1nn(Cc2ccccc2)cc1C(=O)Nc1cccc(N2CCCC2=O)c1. The summed E-state index contributed by atoms with van der Waals surface area (Å²) in [5.41, 5.74) is 4.21. The van der Waals surface area contributed by atoms with E-state index in [1.54, 1.807) is 22.9 Å². The maximum absolute atomic E-state index is 13.5. The van der Waals surface area contributed by atoms with Gasteiger partial charge in [0.25, 0.3) is 5.91 Å². The number of hydrogen-bond donors (Lipinski definition) is 1. The van der Waals surface area contributed by atoms with E-state index in [4.69, 9.17) is 9.84 Å². The van der Waals surface area contributed by atoms with Gasteiger partial charge in [-0.15, -0.1) is 0 Å². The van der Waals surface area contributed by atoms with Crippen LogP contribution in [0.25, 0.3) is 11.3 Å². The Balaban J connectivity index is 1.48. The molecule has 0 saturated carbocycles. The third-order valence-corrected chi connectivity index (χ3v) is 6.04. The number of benzene rings is 3. The van der Waals surface area contributed by atoms with Gasteiger partial charge in [0.1, 0.15) is 11.4 Å². The summed E-state index contributed by atoms with van der Waals surface area (Å²) in [4.78, 5) is 27.4. The van der Waals surface area contributed by atoms with Crippen molar-refractivity contribution in [2.75, 3.05) is 23.9 Å². The second-order valence-electron chi connectivity index (χ2n) is 8.43. The molecular formula is C28H26N4O3. The minimum Gasteiger partial charge on any atom is -0.496 e. The lowest BCUT2D eigenvalue weighted by atomic mass is 10.1. The molecule has 7 nitrogen and oxygen atoms in total. The summed E-state index contributed by atoms with van der Waals surface area (Å²) in [7, 11) is 1.60. The van der Waals surface area contributed by atoms with E-state index in [1.165, 1.54) is 0 Å². The van der Waals surface area contributed by atoms with Crippen molar-refractivity contribution in [2.24, 2.45) is 0 Å². The van der Waals surface area contributed by atoms with Gasteiger partial charge < -0.3 is 15.0 Å². The van der Waals surface area contributed by atoms with Crippen molar-refractivity contribution < 1.29 is 14.3 Å². The number of nitrogens with zero attached hydrogens (tertiary/aromatic N) is 3. The van der Waals surface area contributed by atoms with Crippen LogP contribution in [0, 0.1) is 0 Å². The van der Waals surface area contributed by atoms with Crippen LogP contribution in [0.2, 0.25) is 0 Å². The van der Waals surface area contributed by atoms with Crippen LogP contribution in [0.4, 0.5) is 11.4 Å². The van der Waals surface area contributed by atoms with Crippen LogP contribution in [0.5, 0.6) is 5.75 Å². The molecule has 1 aromatic heterocycles. The quantitative estimate of drug-likeness (QED) is 0.417. The number of rotatable bonds is 7. The monoisotopic (exact) mass is 466 g/mol. The van der Waals surface area contributed by atoms with E-state index in [0.717, 1.165) is 23.2 Å². The Morgan fingerprint density at radius 1 is 1.03 bits per heavy atom. The molecule has 5 rings (SSSR count). The standard InChI is InChI=1S/C28H26N4O3/c1-35-25-14-6-5-13-23(25)27-24(19-31(30-27)18-20-9-3-2-4-10-20)28(34)29-21-11-7-12-22(17-21)32-16-8-15-26(32)33/h2-7,9-14,17,19H,8,15-16,18H2,1H3,(H,29,34). The minimum atomic E-state index is -0.282. The number of amides is 2. The highest BCUT2D eigenvalue weighted by atomic mass is 16.5. The molecule has 0 radical (unpaired) electrons. The molecule has 4 aromatic rings. The molecule has 0 bridgehead atoms. The second kappa shape index (κ2) is 9.85. The zero-order valence-electron chi connectivity index (χ0n) is 19.5. The molecule has 1 aliphatic heterocycles. The van der Waals surface area contributed by atoms with Crippen molar-refractivity contribution in [1.82, 2.24) is 9.78 Å². The van der Waals surface area contributed by atoms with E-state index >= 15 is 0 Å². The highest BCUT2D eigenvalue weighted by Crippen LogP contribution is 2.32. The lowest BCUT2D eigenvalue weighted by Gasteiger charge is -2.16. The van der Waals surface area contributed by atoms with Gasteiger partial charge in [-0.3, -0.25) is 14.3 Å². The number of aromatic nitrogens is 2. The van der Waals surface area contributed by atoms with Gasteiger partial charge in [0.15, 0.2) is 0 Å². The first-order chi connectivity index (χ1) is 17.1. The van der Waals surface area contributed by atoms with Crippen molar-refractivity contribution in [1.29, 1.82) is 0 Å². The Morgan fingerprint density at radius 2 is 1.83 bits per heavy atom. The van der Waals surface area contributed by atoms with Crippen molar-refractivity contribution in [2.45, 2.75) is 19.4 Å². The number of hydrogen-bond acceptors (Lipinski definition) is 4. The predicted molar refractivity (Wildman–Crippen MR) is 136 cm³/mol. The van der Waals surface area contributed by atoms with Gasteiger partial charge in [0.05, 0.1) is 19.2 Å². The zero-order valence-corrected chi connectivity index (χ0v) is 19.5. The van der Waals surface area contributed by atoms with Gasteiger partial charge in [0, 0.05) is 36.1 Å². The molecule has 1 fully saturated rings. The third-order valence-electron chi connectivity index (χ3n) is 6.04. The van der Waals surface area contributed by atoms with Gasteiger partial charge >= 0.3 is 0 Å². The van der Waals surface area contributed by atoms with Crippen molar-refractivity contribution >= 4 is 23.2 Å². The molecule has 0 aliphatic carbocycles. The second-order valence-corrected chi connectivity index (χ2v) is 8.43. The fourth-order valence-electron chi connectivity index (χ4n) is 4.35. The van der Waals surface area contributed by atoms with Gasteiger partial charge in [-0.2, -0.15) is 5.10 Å². The van der Waals surface area contributed by atoms with E-state index in [9.17, 15) is 9.59 Å². The van der Waals surface area contributed by atoms with E-state index in [1.807, 2.05) is 78.9 Å². The molecule has 1 saturated heterocycles. The maximum Gasteiger partial charge on any atom is 0.259 e. The topological polar surface area (TPSA) is 76.5 Å². The van der Waals surface area contributed by atoms with Gasteiger partial charge in [-0.05, 0) is 42.3 Å². The fourth-order valence-corrected chi connectivity index (χ4v) is 4.35. The fraction of sp³-hybridized carbons (Fsp3) is 0.179. The lowest BCUT2D eigenvalue weighted by Crippen LogP contribution is -2.23. The Labute approximate surface area is 204 Å². The predicted octanol–water partition coefficient (Wildman–Crippen LogP) is 4.99. The first-order valence-electron chi connectivity index (χ1n) is 11.6. The largest absolute Gasteiger partial charge is 0.496 e. The smallest absolute Gasteiger partial charge is 0.259 e. The molecule has 1 aliphatic rings. The van der Waals surface area contributed by atoms with Crippen LogP contribution >= 0.6 is 0 Å². The summed E-state index contributed by atoms with van der Waals surface area (Å²) in [5, 5.41) is 7.75. The van der Waals surface area contributed by atoms with Crippen molar-refractivity contribution in [3.8, 4) is 17.0 Å². The number of nitrogens with one attached hydrogen (secondary N) is 1. The average molecular weight is 467 g/mol. The van der Waals surface area contributed by atoms with Gasteiger partial charge in [-0.25, -0.2) is 0 Å². The molecule has 0 unspecified atom stereocenters. The molecule has 1 N–H and O–H groups in total. The summed E-state index contributed by atoms with van der Waals surface area (Å²) in [5.74, 6) is 0.463. The zero-order chi connectivity index (χ0) is 24.2. The molecule has 0 atom stereocenters. The number of methoxy groups -OCH3 is 1. The first kappa shape index (κ1) is 22.4. The molecule has 0 spiro atoms. The lowest BCUT2D eigenvalue weighted by molar-refractivity contribution is -0.117. The van der Waals surface area contributed by atoms with E-state index in [0.29, 0.717) is 42.2 Å². The Bertz CT molecular complexity index is 1360. The normalized spacial score (nSPS) is 13.2. The molecule has 2 heterocycles. The summed E-state index contributed by atoms with van der Waals surface area (Å²) < 4.78 is 7.31. The number of carbonyl (C=O) groups excluding carboxylic acids is 2. The van der Waals surface area contributed by atoms with Gasteiger partial charge in [-0.1, -0.05) is 48.5 Å². The summed E-state index contributed by atoms with van der Waals surface area (Å²) >= 11 is 0. The molecule has 3 aromatic carbocycles. The van der Waals surface area contributed by atoms with E-state index in [-0.39, 0.29) is 11.8 Å². The molecule has 35 heavy (non-hydrogen) atoms. The van der Waals surface area contributed by atoms with Crippen LogP contribution in [0.1, 0.15) is 28.8 Å². The highest BCUT2D eigenvalue weighted by molar-refractivity contribution is 6.08. The number of carbonyl (C=O) groups is 2. The molecular weight excluding hydrogens is 440 g/mol. The highest BCUT2D eigenvalue weighted by Gasteiger charge is 2.23. The summed E-state index contributed by atoms with van der Waals surface area (Å²) in [6.07, 6.45) is 3.16. The van der Waals surface area contributed by atoms with E-state index < -0.39 is 0 Å². The summed E-state index contributed by atoms with van der Waals surface area (Å²) in [6.45, 7) is 1.23. The van der Waals surface area contributed by atoms with Crippen LogP contribution in [-0.2, 0) is 11.3 Å². The Hall–Kier alpha value is -4.39. The third kappa shape index (κ3) is 4.80. The number of anilines is 2. The number of ether oxygens (including phenoxy) is 1. The molecule has 7 heteroatoms. The minimum absolute atomic E-state index is 0.106. The van der Waals surface area contributed by atoms with Crippen LogP contribution in [0.15, 0.2) is 85.1 Å². The Morgan fingerprint density at radius 3 is 2.60 bits per heavy atom. The maximum atomic E-state index is 13.5. The van der Waals surface area contributed by atoms with Crippen molar-refractivity contribution in [3.63, 3.8) is 0 Å². The number of para-hydroxylation sites is 1. The van der Waals surface area contributed by atoms with Crippen LogP contribution in [-0.4, -0.2) is 35.2 Å². The Kier molecular flexibility index (Phi) is 6.30.